The van der Waals surface area contributed by atoms with E-state index >= 15 is 0 Å². The molecule has 0 unspecified atom stereocenters. The van der Waals surface area contributed by atoms with Gasteiger partial charge < -0.3 is 9.73 Å². The quantitative estimate of drug-likeness (QED) is 0.536. The van der Waals surface area contributed by atoms with E-state index in [-0.39, 0.29) is 5.91 Å². The Kier molecular flexibility index (Phi) is 4.99. The van der Waals surface area contributed by atoms with Gasteiger partial charge in [-0.3, -0.25) is 9.48 Å². The van der Waals surface area contributed by atoms with Crippen LogP contribution in [0, 0.1) is 20.8 Å². The van der Waals surface area contributed by atoms with Crippen LogP contribution in [0.25, 0.3) is 11.5 Å². The molecule has 6 heteroatoms. The molecule has 0 bridgehead atoms. The van der Waals surface area contributed by atoms with Crippen LogP contribution < -0.4 is 5.32 Å². The minimum absolute atomic E-state index is 0.141. The Balaban J connectivity index is 1.49. The van der Waals surface area contributed by atoms with Gasteiger partial charge in [-0.05, 0) is 63.2 Å². The summed E-state index contributed by atoms with van der Waals surface area (Å²) in [5.41, 5.74) is 5.11. The summed E-state index contributed by atoms with van der Waals surface area (Å²) in [5, 5.41) is 7.38. The molecule has 0 spiro atoms. The van der Waals surface area contributed by atoms with Gasteiger partial charge >= 0.3 is 0 Å². The molecular weight excluding hydrogens is 364 g/mol. The third kappa shape index (κ3) is 4.11. The predicted octanol–water partition coefficient (Wildman–Crippen LogP) is 4.76. The van der Waals surface area contributed by atoms with Gasteiger partial charge in [0.2, 0.25) is 5.89 Å². The second-order valence-electron chi connectivity index (χ2n) is 7.00. The van der Waals surface area contributed by atoms with Crippen molar-refractivity contribution in [3.05, 3.63) is 89.1 Å². The Morgan fingerprint density at radius 1 is 1.03 bits per heavy atom. The Bertz CT molecular complexity index is 1140. The molecule has 29 heavy (non-hydrogen) atoms. The number of benzene rings is 2. The molecule has 4 rings (SSSR count). The van der Waals surface area contributed by atoms with Crippen molar-refractivity contribution in [3.63, 3.8) is 0 Å². The van der Waals surface area contributed by atoms with Gasteiger partial charge in [-0.1, -0.05) is 18.2 Å². The van der Waals surface area contributed by atoms with Crippen LogP contribution in [0.4, 0.5) is 5.69 Å². The summed E-state index contributed by atoms with van der Waals surface area (Å²) >= 11 is 0. The monoisotopic (exact) mass is 386 g/mol. The average Bonchev–Trinajstić information content (AvgIpc) is 3.24. The summed E-state index contributed by atoms with van der Waals surface area (Å²) in [6, 6.07) is 18.6. The SMILES string of the molecule is Cc1cc(C)n(Cc2nc(-c3ccc(NC(=O)c4ccccc4)cc3)oc2C)n1. The number of anilines is 1. The number of nitrogens with zero attached hydrogens (tertiary/aromatic N) is 3. The topological polar surface area (TPSA) is 73.0 Å². The highest BCUT2D eigenvalue weighted by molar-refractivity contribution is 6.04. The number of oxazole rings is 1. The summed E-state index contributed by atoms with van der Waals surface area (Å²) < 4.78 is 7.79. The van der Waals surface area contributed by atoms with Gasteiger partial charge in [0.25, 0.3) is 5.91 Å². The third-order valence-corrected chi connectivity index (χ3v) is 4.72. The van der Waals surface area contributed by atoms with Crippen molar-refractivity contribution in [2.45, 2.75) is 27.3 Å². The first-order valence-corrected chi connectivity index (χ1v) is 9.44. The zero-order valence-corrected chi connectivity index (χ0v) is 16.6. The van der Waals surface area contributed by atoms with E-state index in [9.17, 15) is 4.79 Å². The molecule has 0 aliphatic carbocycles. The number of hydrogen-bond acceptors (Lipinski definition) is 4. The van der Waals surface area contributed by atoms with E-state index in [2.05, 4.69) is 15.4 Å². The van der Waals surface area contributed by atoms with E-state index in [1.165, 1.54) is 0 Å². The Hall–Kier alpha value is -3.67. The third-order valence-electron chi connectivity index (χ3n) is 4.72. The fourth-order valence-corrected chi connectivity index (χ4v) is 3.16. The second-order valence-corrected chi connectivity index (χ2v) is 7.00. The average molecular weight is 386 g/mol. The molecule has 1 N–H and O–H groups in total. The van der Waals surface area contributed by atoms with E-state index in [0.717, 1.165) is 28.4 Å². The summed E-state index contributed by atoms with van der Waals surface area (Å²) in [6.45, 7) is 6.48. The highest BCUT2D eigenvalue weighted by atomic mass is 16.4. The number of hydrogen-bond donors (Lipinski definition) is 1. The first-order valence-electron chi connectivity index (χ1n) is 9.44. The van der Waals surface area contributed by atoms with Gasteiger partial charge in [-0.15, -0.1) is 0 Å². The smallest absolute Gasteiger partial charge is 0.255 e. The molecule has 0 saturated heterocycles. The molecule has 0 saturated carbocycles. The molecule has 0 fully saturated rings. The highest BCUT2D eigenvalue weighted by Crippen LogP contribution is 2.24. The number of rotatable bonds is 5. The number of aryl methyl sites for hydroxylation is 3. The lowest BCUT2D eigenvalue weighted by Crippen LogP contribution is -2.11. The molecule has 2 heterocycles. The van der Waals surface area contributed by atoms with Gasteiger partial charge in [-0.2, -0.15) is 5.10 Å². The van der Waals surface area contributed by atoms with Crippen LogP contribution >= 0.6 is 0 Å². The van der Waals surface area contributed by atoms with Gasteiger partial charge in [-0.25, -0.2) is 4.98 Å². The summed E-state index contributed by atoms with van der Waals surface area (Å²) in [5.74, 6) is 1.19. The molecule has 0 radical (unpaired) electrons. The molecular formula is C23H22N4O2. The van der Waals surface area contributed by atoms with Crippen molar-refractivity contribution in [3.8, 4) is 11.5 Å². The Morgan fingerprint density at radius 3 is 2.41 bits per heavy atom. The second kappa shape index (κ2) is 7.75. The highest BCUT2D eigenvalue weighted by Gasteiger charge is 2.14. The van der Waals surface area contributed by atoms with E-state index in [1.807, 2.05) is 74.0 Å². The molecule has 2 aromatic carbocycles. The van der Waals surface area contributed by atoms with Crippen molar-refractivity contribution in [2.24, 2.45) is 0 Å². The van der Waals surface area contributed by atoms with Crippen LogP contribution in [-0.4, -0.2) is 20.7 Å². The van der Waals surface area contributed by atoms with E-state index < -0.39 is 0 Å². The lowest BCUT2D eigenvalue weighted by atomic mass is 10.2. The first-order chi connectivity index (χ1) is 14.0. The molecule has 0 aliphatic rings. The molecule has 146 valence electrons. The Labute approximate surface area is 169 Å². The zero-order chi connectivity index (χ0) is 20.4. The Morgan fingerprint density at radius 2 is 1.76 bits per heavy atom. The largest absolute Gasteiger partial charge is 0.441 e. The summed E-state index contributed by atoms with van der Waals surface area (Å²) in [4.78, 5) is 16.9. The van der Waals surface area contributed by atoms with Crippen molar-refractivity contribution in [1.29, 1.82) is 0 Å². The number of carbonyl (C=O) groups is 1. The van der Waals surface area contributed by atoms with Crippen LogP contribution in [-0.2, 0) is 6.54 Å². The van der Waals surface area contributed by atoms with Crippen molar-refractivity contribution >= 4 is 11.6 Å². The molecule has 0 aliphatic heterocycles. The molecule has 6 nitrogen and oxygen atoms in total. The molecule has 1 amide bonds. The lowest BCUT2D eigenvalue weighted by molar-refractivity contribution is 0.102. The standard InChI is InChI=1S/C23H22N4O2/c1-15-13-16(2)27(26-15)14-21-17(3)29-23(25-21)19-9-11-20(12-10-19)24-22(28)18-7-5-4-6-8-18/h4-13H,14H2,1-3H3,(H,24,28). The maximum absolute atomic E-state index is 12.3. The minimum atomic E-state index is -0.141. The zero-order valence-electron chi connectivity index (χ0n) is 16.6. The van der Waals surface area contributed by atoms with Crippen LogP contribution in [0.1, 0.15) is 33.2 Å². The van der Waals surface area contributed by atoms with Crippen LogP contribution in [0.15, 0.2) is 65.1 Å². The molecule has 0 atom stereocenters. The van der Waals surface area contributed by atoms with E-state index in [1.54, 1.807) is 12.1 Å². The molecule has 4 aromatic rings. The van der Waals surface area contributed by atoms with E-state index in [4.69, 9.17) is 4.42 Å². The van der Waals surface area contributed by atoms with Gasteiger partial charge in [0.1, 0.15) is 11.5 Å². The van der Waals surface area contributed by atoms with Gasteiger partial charge in [0.15, 0.2) is 0 Å². The van der Waals surface area contributed by atoms with Crippen LogP contribution in [0.2, 0.25) is 0 Å². The normalized spacial score (nSPS) is 10.9. The van der Waals surface area contributed by atoms with Crippen molar-refractivity contribution in [2.75, 3.05) is 5.32 Å². The summed E-state index contributed by atoms with van der Waals surface area (Å²) in [7, 11) is 0. The number of amides is 1. The van der Waals surface area contributed by atoms with Crippen molar-refractivity contribution in [1.82, 2.24) is 14.8 Å². The number of carbonyl (C=O) groups excluding carboxylic acids is 1. The fraction of sp³-hybridized carbons (Fsp3) is 0.174. The van der Waals surface area contributed by atoms with Gasteiger partial charge in [0, 0.05) is 22.5 Å². The lowest BCUT2D eigenvalue weighted by Gasteiger charge is -2.05. The molecule has 2 aromatic heterocycles. The van der Waals surface area contributed by atoms with Crippen molar-refractivity contribution < 1.29 is 9.21 Å². The number of nitrogens with one attached hydrogen (secondary N) is 1. The van der Waals surface area contributed by atoms with E-state index in [0.29, 0.717) is 23.7 Å². The maximum Gasteiger partial charge on any atom is 0.255 e. The summed E-state index contributed by atoms with van der Waals surface area (Å²) in [6.07, 6.45) is 0. The predicted molar refractivity (Wildman–Crippen MR) is 112 cm³/mol. The maximum atomic E-state index is 12.3. The number of aromatic nitrogens is 3. The van der Waals surface area contributed by atoms with Gasteiger partial charge in [0.05, 0.1) is 12.2 Å². The fourth-order valence-electron chi connectivity index (χ4n) is 3.16. The first kappa shape index (κ1) is 18.7. The minimum Gasteiger partial charge on any atom is -0.441 e. The van der Waals surface area contributed by atoms with Crippen LogP contribution in [0.3, 0.4) is 0 Å². The van der Waals surface area contributed by atoms with Crippen LogP contribution in [0.5, 0.6) is 0 Å².